The van der Waals surface area contributed by atoms with Crippen LogP contribution in [0, 0.1) is 11.3 Å². The van der Waals surface area contributed by atoms with Crippen molar-refractivity contribution in [2.24, 2.45) is 11.3 Å². The molecule has 104 valence electrons. The maximum absolute atomic E-state index is 11.4. The molecule has 1 saturated heterocycles. The molecule has 1 aliphatic carbocycles. The Morgan fingerprint density at radius 3 is 3.05 bits per heavy atom. The van der Waals surface area contributed by atoms with Gasteiger partial charge in [-0.15, -0.1) is 0 Å². The van der Waals surface area contributed by atoms with E-state index in [0.29, 0.717) is 6.42 Å². The van der Waals surface area contributed by atoms with Crippen LogP contribution in [0.3, 0.4) is 0 Å². The molecule has 2 fully saturated rings. The van der Waals surface area contributed by atoms with Gasteiger partial charge in [0.1, 0.15) is 17.8 Å². The van der Waals surface area contributed by atoms with Gasteiger partial charge in [0.05, 0.1) is 11.3 Å². The smallest absolute Gasteiger partial charge is 0.307 e. The van der Waals surface area contributed by atoms with Crippen molar-refractivity contribution in [2.75, 3.05) is 18.0 Å². The van der Waals surface area contributed by atoms with E-state index in [0.717, 1.165) is 42.8 Å². The number of rotatable bonds is 2. The Balaban J connectivity index is 1.68. The number of aliphatic carboxylic acids is 1. The maximum atomic E-state index is 11.4. The second-order valence-corrected chi connectivity index (χ2v) is 5.90. The van der Waals surface area contributed by atoms with Crippen LogP contribution in [-0.2, 0) is 4.79 Å². The standard InChI is InChI=1S/C14H16N4O2/c19-13(20)10-2-6-18(7-14(10)3-4-14)12-9-1-5-15-11(9)16-8-17-12/h1,5,8,10H,2-4,6-7H2,(H,19,20)(H,15,16,17). The summed E-state index contributed by atoms with van der Waals surface area (Å²) in [5.41, 5.74) is 0.803. The fourth-order valence-electron chi connectivity index (χ4n) is 3.50. The van der Waals surface area contributed by atoms with Gasteiger partial charge in [-0.05, 0) is 25.3 Å². The molecule has 3 heterocycles. The summed E-state index contributed by atoms with van der Waals surface area (Å²) in [6.07, 6.45) is 6.16. The van der Waals surface area contributed by atoms with Gasteiger partial charge in [-0.25, -0.2) is 9.97 Å². The molecule has 6 heteroatoms. The monoisotopic (exact) mass is 272 g/mol. The van der Waals surface area contributed by atoms with Crippen LogP contribution in [0.4, 0.5) is 5.82 Å². The summed E-state index contributed by atoms with van der Waals surface area (Å²) in [5.74, 6) is 0.0882. The highest BCUT2D eigenvalue weighted by molar-refractivity contribution is 5.87. The minimum atomic E-state index is -0.642. The summed E-state index contributed by atoms with van der Waals surface area (Å²) in [5, 5.41) is 10.4. The Morgan fingerprint density at radius 1 is 1.45 bits per heavy atom. The Labute approximate surface area is 115 Å². The lowest BCUT2D eigenvalue weighted by Gasteiger charge is -2.38. The van der Waals surface area contributed by atoms with Gasteiger partial charge in [0.2, 0.25) is 0 Å². The number of piperidine rings is 1. The summed E-state index contributed by atoms with van der Waals surface area (Å²) in [6.45, 7) is 1.54. The number of aromatic nitrogens is 3. The van der Waals surface area contributed by atoms with E-state index in [1.54, 1.807) is 6.33 Å². The van der Waals surface area contributed by atoms with Crippen molar-refractivity contribution >= 4 is 22.8 Å². The Kier molecular flexibility index (Phi) is 2.31. The molecule has 2 aromatic rings. The van der Waals surface area contributed by atoms with Crippen LogP contribution < -0.4 is 4.90 Å². The number of hydrogen-bond donors (Lipinski definition) is 2. The van der Waals surface area contributed by atoms with Gasteiger partial charge in [-0.3, -0.25) is 4.79 Å². The molecule has 1 saturated carbocycles. The van der Waals surface area contributed by atoms with Gasteiger partial charge in [-0.1, -0.05) is 0 Å². The Bertz CT molecular complexity index is 677. The van der Waals surface area contributed by atoms with Crippen molar-refractivity contribution in [3.63, 3.8) is 0 Å². The zero-order chi connectivity index (χ0) is 13.7. The average Bonchev–Trinajstić information content (AvgIpc) is 3.03. The van der Waals surface area contributed by atoms with Crippen molar-refractivity contribution in [3.8, 4) is 0 Å². The molecule has 0 aromatic carbocycles. The Hall–Kier alpha value is -2.11. The third-order valence-electron chi connectivity index (χ3n) is 4.76. The number of aromatic amines is 1. The van der Waals surface area contributed by atoms with Crippen LogP contribution in [0.1, 0.15) is 19.3 Å². The first-order chi connectivity index (χ1) is 9.70. The molecule has 20 heavy (non-hydrogen) atoms. The van der Waals surface area contributed by atoms with Crippen molar-refractivity contribution < 1.29 is 9.90 Å². The van der Waals surface area contributed by atoms with E-state index in [1.165, 1.54) is 0 Å². The number of fused-ring (bicyclic) bond motifs is 1. The third kappa shape index (κ3) is 1.60. The van der Waals surface area contributed by atoms with Gasteiger partial charge >= 0.3 is 5.97 Å². The summed E-state index contributed by atoms with van der Waals surface area (Å²) in [4.78, 5) is 25.3. The molecule has 2 aliphatic rings. The van der Waals surface area contributed by atoms with Crippen LogP contribution in [0.15, 0.2) is 18.6 Å². The van der Waals surface area contributed by atoms with Gasteiger partial charge in [0.25, 0.3) is 0 Å². The minimum absolute atomic E-state index is 0.0301. The molecule has 0 bridgehead atoms. The number of nitrogens with zero attached hydrogens (tertiary/aromatic N) is 3. The predicted octanol–water partition coefficient (Wildman–Crippen LogP) is 1.65. The molecule has 2 N–H and O–H groups in total. The SMILES string of the molecule is O=C(O)C1CCN(c2ncnc3[nH]ccc23)CC12CC2. The average molecular weight is 272 g/mol. The molecule has 6 nitrogen and oxygen atoms in total. The second-order valence-electron chi connectivity index (χ2n) is 5.90. The van der Waals surface area contributed by atoms with Crippen molar-refractivity contribution in [1.82, 2.24) is 15.0 Å². The van der Waals surface area contributed by atoms with Gasteiger partial charge in [0.15, 0.2) is 0 Å². The topological polar surface area (TPSA) is 82.1 Å². The molecular formula is C14H16N4O2. The molecule has 1 aliphatic heterocycles. The normalized spacial score (nSPS) is 24.2. The summed E-state index contributed by atoms with van der Waals surface area (Å²) < 4.78 is 0. The number of nitrogens with one attached hydrogen (secondary N) is 1. The molecule has 0 amide bonds. The fourth-order valence-corrected chi connectivity index (χ4v) is 3.50. The van der Waals surface area contributed by atoms with Crippen LogP contribution in [0.2, 0.25) is 0 Å². The van der Waals surface area contributed by atoms with Crippen LogP contribution in [0.5, 0.6) is 0 Å². The largest absolute Gasteiger partial charge is 0.481 e. The third-order valence-corrected chi connectivity index (χ3v) is 4.76. The van der Waals surface area contributed by atoms with Gasteiger partial charge < -0.3 is 15.0 Å². The van der Waals surface area contributed by atoms with Gasteiger partial charge in [0, 0.05) is 24.7 Å². The molecule has 2 aromatic heterocycles. The van der Waals surface area contributed by atoms with Crippen molar-refractivity contribution in [1.29, 1.82) is 0 Å². The minimum Gasteiger partial charge on any atom is -0.481 e. The molecule has 1 unspecified atom stereocenters. The highest BCUT2D eigenvalue weighted by Gasteiger charge is 2.55. The van der Waals surface area contributed by atoms with Crippen LogP contribution >= 0.6 is 0 Å². The molecular weight excluding hydrogens is 256 g/mol. The summed E-state index contributed by atoms with van der Waals surface area (Å²) in [6, 6.07) is 1.98. The Morgan fingerprint density at radius 2 is 2.30 bits per heavy atom. The highest BCUT2D eigenvalue weighted by Crippen LogP contribution is 2.56. The van der Waals surface area contributed by atoms with E-state index in [4.69, 9.17) is 0 Å². The van der Waals surface area contributed by atoms with Crippen molar-refractivity contribution in [2.45, 2.75) is 19.3 Å². The first-order valence-corrected chi connectivity index (χ1v) is 6.95. The fraction of sp³-hybridized carbons (Fsp3) is 0.500. The molecule has 1 atom stereocenters. The maximum Gasteiger partial charge on any atom is 0.307 e. The first-order valence-electron chi connectivity index (χ1n) is 6.95. The zero-order valence-electron chi connectivity index (χ0n) is 11.0. The van der Waals surface area contributed by atoms with Crippen molar-refractivity contribution in [3.05, 3.63) is 18.6 Å². The lowest BCUT2D eigenvalue weighted by molar-refractivity contribution is -0.144. The number of carboxylic acid groups (broad SMARTS) is 1. The molecule has 0 radical (unpaired) electrons. The second kappa shape index (κ2) is 3.94. The predicted molar refractivity (Wildman–Crippen MR) is 73.5 cm³/mol. The first kappa shape index (κ1) is 11.7. The summed E-state index contributed by atoms with van der Waals surface area (Å²) >= 11 is 0. The molecule has 4 rings (SSSR count). The molecule has 1 spiro atoms. The zero-order valence-corrected chi connectivity index (χ0v) is 11.0. The van der Waals surface area contributed by atoms with E-state index in [1.807, 2.05) is 12.3 Å². The van der Waals surface area contributed by atoms with E-state index in [-0.39, 0.29) is 11.3 Å². The van der Waals surface area contributed by atoms with E-state index in [9.17, 15) is 9.90 Å². The number of hydrogen-bond acceptors (Lipinski definition) is 4. The van der Waals surface area contributed by atoms with E-state index >= 15 is 0 Å². The highest BCUT2D eigenvalue weighted by atomic mass is 16.4. The van der Waals surface area contributed by atoms with E-state index in [2.05, 4.69) is 19.9 Å². The van der Waals surface area contributed by atoms with E-state index < -0.39 is 5.97 Å². The quantitative estimate of drug-likeness (QED) is 0.868. The van der Waals surface area contributed by atoms with Crippen LogP contribution in [0.25, 0.3) is 11.0 Å². The van der Waals surface area contributed by atoms with Crippen LogP contribution in [-0.4, -0.2) is 39.1 Å². The number of anilines is 1. The summed E-state index contributed by atoms with van der Waals surface area (Å²) in [7, 11) is 0. The number of H-pyrrole nitrogens is 1. The number of carboxylic acids is 1. The lowest BCUT2D eigenvalue weighted by Crippen LogP contribution is -2.45. The lowest BCUT2D eigenvalue weighted by atomic mass is 9.82. The number of carbonyl (C=O) groups is 1. The van der Waals surface area contributed by atoms with Gasteiger partial charge in [-0.2, -0.15) is 0 Å².